The first-order valence-corrected chi connectivity index (χ1v) is 7.93. The second-order valence-electron chi connectivity index (χ2n) is 6.51. The molecule has 2 aliphatic heterocycles. The van der Waals surface area contributed by atoms with Gasteiger partial charge < -0.3 is 14.5 Å². The average molecular weight is 333 g/mol. The van der Waals surface area contributed by atoms with Crippen molar-refractivity contribution in [3.63, 3.8) is 0 Å². The molecule has 1 fully saturated rings. The molecule has 2 heterocycles. The van der Waals surface area contributed by atoms with Crippen LogP contribution in [0.1, 0.15) is 26.3 Å². The number of ether oxygens (including phenoxy) is 1. The minimum atomic E-state index is -0.890. The van der Waals surface area contributed by atoms with Gasteiger partial charge in [0.05, 0.1) is 5.54 Å². The lowest BCUT2D eigenvalue weighted by Crippen LogP contribution is -2.39. The van der Waals surface area contributed by atoms with Gasteiger partial charge in [0.2, 0.25) is 5.90 Å². The zero-order valence-corrected chi connectivity index (χ0v) is 14.1. The zero-order valence-electron chi connectivity index (χ0n) is 14.1. The van der Waals surface area contributed by atoms with Crippen molar-refractivity contribution in [2.75, 3.05) is 13.1 Å². The highest BCUT2D eigenvalue weighted by atomic mass is 19.2. The smallest absolute Gasteiger partial charge is 0.219 e. The van der Waals surface area contributed by atoms with Crippen LogP contribution < -0.4 is 0 Å². The monoisotopic (exact) mass is 333 g/mol. The van der Waals surface area contributed by atoms with E-state index in [0.717, 1.165) is 25.0 Å². The minimum absolute atomic E-state index is 0.0385. The molecule has 128 valence electrons. The number of fused-ring (bicyclic) bond motifs is 1. The molecule has 0 radical (unpaired) electrons. The maximum Gasteiger partial charge on any atom is 0.219 e. The molecule has 0 N–H and O–H groups in total. The van der Waals surface area contributed by atoms with E-state index in [1.807, 2.05) is 11.0 Å². The van der Waals surface area contributed by atoms with E-state index < -0.39 is 11.6 Å². The molecule has 1 aromatic rings. The molecular formula is C18H21F2N3O. The van der Waals surface area contributed by atoms with Gasteiger partial charge >= 0.3 is 0 Å². The fourth-order valence-electron chi connectivity index (χ4n) is 3.19. The molecule has 0 bridgehead atoms. The summed E-state index contributed by atoms with van der Waals surface area (Å²) in [7, 11) is 0. The summed E-state index contributed by atoms with van der Waals surface area (Å²) >= 11 is 0. The van der Waals surface area contributed by atoms with Crippen molar-refractivity contribution < 1.29 is 13.5 Å². The molecule has 24 heavy (non-hydrogen) atoms. The van der Waals surface area contributed by atoms with Crippen LogP contribution >= 0.6 is 0 Å². The fraction of sp³-hybridized carbons (Fsp3) is 0.389. The summed E-state index contributed by atoms with van der Waals surface area (Å²) in [5.41, 5.74) is 0.117. The summed E-state index contributed by atoms with van der Waals surface area (Å²) in [5, 5.41) is 0. The van der Waals surface area contributed by atoms with Crippen molar-refractivity contribution >= 4 is 5.90 Å². The standard InChI is InChI=1S/C18H21F2N3O/c1-5-23-16-9-15(21-12(2)22(16)11-18(23,3)4)24-10-13-7-6-8-14(19)17(13)20/h6-9H,2,5,10-11H2,1,3-4H3. The topological polar surface area (TPSA) is 28.1 Å². The molecule has 0 atom stereocenters. The Balaban J connectivity index is 1.80. The molecule has 6 heteroatoms. The Kier molecular flexibility index (Phi) is 4.07. The maximum absolute atomic E-state index is 13.7. The third kappa shape index (κ3) is 2.77. The van der Waals surface area contributed by atoms with Crippen molar-refractivity contribution in [1.82, 2.24) is 9.80 Å². The lowest BCUT2D eigenvalue weighted by molar-refractivity contribution is 0.227. The first-order valence-electron chi connectivity index (χ1n) is 7.93. The first kappa shape index (κ1) is 16.5. The minimum Gasteiger partial charge on any atom is -0.473 e. The second-order valence-corrected chi connectivity index (χ2v) is 6.51. The van der Waals surface area contributed by atoms with Crippen LogP contribution in [0, 0.1) is 11.6 Å². The van der Waals surface area contributed by atoms with Gasteiger partial charge in [-0.3, -0.25) is 0 Å². The Bertz CT molecular complexity index is 740. The summed E-state index contributed by atoms with van der Waals surface area (Å²) in [6.07, 6.45) is 1.82. The van der Waals surface area contributed by atoms with E-state index in [-0.39, 0.29) is 17.7 Å². The molecule has 4 nitrogen and oxygen atoms in total. The van der Waals surface area contributed by atoms with Crippen molar-refractivity contribution in [2.45, 2.75) is 32.9 Å². The van der Waals surface area contributed by atoms with E-state index in [1.54, 1.807) is 0 Å². The van der Waals surface area contributed by atoms with Crippen molar-refractivity contribution in [2.24, 2.45) is 4.99 Å². The van der Waals surface area contributed by atoms with Crippen LogP contribution in [0.5, 0.6) is 0 Å². The largest absolute Gasteiger partial charge is 0.473 e. The van der Waals surface area contributed by atoms with Gasteiger partial charge in [-0.1, -0.05) is 18.7 Å². The third-order valence-corrected chi connectivity index (χ3v) is 4.36. The second kappa shape index (κ2) is 5.92. The van der Waals surface area contributed by atoms with E-state index >= 15 is 0 Å². The number of hydrogen-bond donors (Lipinski definition) is 0. The number of benzene rings is 1. The predicted octanol–water partition coefficient (Wildman–Crippen LogP) is 3.62. The molecule has 3 rings (SSSR count). The highest BCUT2D eigenvalue weighted by molar-refractivity contribution is 5.90. The highest BCUT2D eigenvalue weighted by Gasteiger charge is 2.41. The molecule has 0 amide bonds. The van der Waals surface area contributed by atoms with Gasteiger partial charge in [0, 0.05) is 24.7 Å². The Morgan fingerprint density at radius 3 is 2.79 bits per heavy atom. The Labute approximate surface area is 140 Å². The van der Waals surface area contributed by atoms with Crippen LogP contribution in [0.15, 0.2) is 47.5 Å². The molecule has 0 saturated carbocycles. The van der Waals surface area contributed by atoms with Crippen molar-refractivity contribution in [3.05, 3.63) is 59.7 Å². The number of likely N-dealkylation sites (N-methyl/N-ethyl adjacent to an activating group) is 1. The number of rotatable bonds is 3. The van der Waals surface area contributed by atoms with Crippen LogP contribution in [-0.4, -0.2) is 34.3 Å². The fourth-order valence-corrected chi connectivity index (χ4v) is 3.19. The lowest BCUT2D eigenvalue weighted by atomic mass is 10.1. The molecule has 1 aromatic carbocycles. The number of halogens is 2. The summed E-state index contributed by atoms with van der Waals surface area (Å²) < 4.78 is 32.6. The Hall–Kier alpha value is -2.37. The van der Waals surface area contributed by atoms with Crippen LogP contribution in [0.3, 0.4) is 0 Å². The van der Waals surface area contributed by atoms with Crippen LogP contribution in [0.4, 0.5) is 8.78 Å². The molecule has 0 aromatic heterocycles. The van der Waals surface area contributed by atoms with Gasteiger partial charge in [-0.15, -0.1) is 0 Å². The quantitative estimate of drug-likeness (QED) is 0.846. The SMILES string of the molecule is C=C1N=C(OCc2cccc(F)c2F)C=C2N1CC(C)(C)N2CC. The van der Waals surface area contributed by atoms with E-state index in [9.17, 15) is 8.78 Å². The van der Waals surface area contributed by atoms with E-state index in [4.69, 9.17) is 4.74 Å². The van der Waals surface area contributed by atoms with Crippen LogP contribution in [0.25, 0.3) is 0 Å². The van der Waals surface area contributed by atoms with Crippen molar-refractivity contribution in [1.29, 1.82) is 0 Å². The Morgan fingerprint density at radius 1 is 1.33 bits per heavy atom. The summed E-state index contributed by atoms with van der Waals surface area (Å²) in [4.78, 5) is 8.62. The Morgan fingerprint density at radius 2 is 2.08 bits per heavy atom. The van der Waals surface area contributed by atoms with E-state index in [2.05, 4.69) is 37.2 Å². The van der Waals surface area contributed by atoms with Crippen LogP contribution in [0.2, 0.25) is 0 Å². The molecule has 0 aliphatic carbocycles. The third-order valence-electron chi connectivity index (χ3n) is 4.36. The summed E-state index contributed by atoms with van der Waals surface area (Å²) in [6, 6.07) is 4.03. The van der Waals surface area contributed by atoms with E-state index in [1.165, 1.54) is 12.1 Å². The van der Waals surface area contributed by atoms with Crippen molar-refractivity contribution in [3.8, 4) is 0 Å². The highest BCUT2D eigenvalue weighted by Crippen LogP contribution is 2.36. The molecule has 2 aliphatic rings. The number of hydrogen-bond acceptors (Lipinski definition) is 4. The molecule has 0 unspecified atom stereocenters. The average Bonchev–Trinajstić information content (AvgIpc) is 2.79. The normalized spacial score (nSPS) is 19.1. The molecule has 1 saturated heterocycles. The predicted molar refractivity (Wildman–Crippen MR) is 89.0 cm³/mol. The zero-order chi connectivity index (χ0) is 17.5. The van der Waals surface area contributed by atoms with Gasteiger partial charge in [0.15, 0.2) is 11.6 Å². The molecule has 0 spiro atoms. The first-order chi connectivity index (χ1) is 11.3. The maximum atomic E-state index is 13.7. The lowest BCUT2D eigenvalue weighted by Gasteiger charge is -2.32. The van der Waals surface area contributed by atoms with E-state index in [0.29, 0.717) is 11.7 Å². The number of aliphatic imine (C=N–C) groups is 1. The van der Waals surface area contributed by atoms with Gasteiger partial charge in [-0.05, 0) is 26.8 Å². The van der Waals surface area contributed by atoms with Gasteiger partial charge in [0.1, 0.15) is 18.2 Å². The summed E-state index contributed by atoms with van der Waals surface area (Å²) in [5.74, 6) is 0.138. The van der Waals surface area contributed by atoms with Gasteiger partial charge in [0.25, 0.3) is 0 Å². The van der Waals surface area contributed by atoms with Gasteiger partial charge in [-0.25, -0.2) is 8.78 Å². The summed E-state index contributed by atoms with van der Waals surface area (Å²) in [6.45, 7) is 11.9. The van der Waals surface area contributed by atoms with Gasteiger partial charge in [-0.2, -0.15) is 4.99 Å². The molecular weight excluding hydrogens is 312 g/mol. The van der Waals surface area contributed by atoms with Crippen LogP contribution in [-0.2, 0) is 11.3 Å². The number of nitrogens with zero attached hydrogens (tertiary/aromatic N) is 3.